The molecule has 26 heavy (non-hydrogen) atoms. The highest BCUT2D eigenvalue weighted by Crippen LogP contribution is 2.35. The predicted molar refractivity (Wildman–Crippen MR) is 94.0 cm³/mol. The molecule has 0 spiro atoms. The number of carbonyl (C=O) groups is 1. The van der Waals surface area contributed by atoms with Gasteiger partial charge in [0.25, 0.3) is 0 Å². The lowest BCUT2D eigenvalue weighted by Gasteiger charge is -2.32. The van der Waals surface area contributed by atoms with Gasteiger partial charge in [-0.2, -0.15) is 5.10 Å². The minimum atomic E-state index is -0.348. The summed E-state index contributed by atoms with van der Waals surface area (Å²) >= 11 is 0. The molecule has 2 atom stereocenters. The van der Waals surface area contributed by atoms with Gasteiger partial charge in [-0.1, -0.05) is 12.1 Å². The van der Waals surface area contributed by atoms with E-state index in [9.17, 15) is 9.18 Å². The fourth-order valence-corrected chi connectivity index (χ4v) is 3.77. The second-order valence-electron chi connectivity index (χ2n) is 7.20. The zero-order valence-electron chi connectivity index (χ0n) is 14.5. The second kappa shape index (κ2) is 7.17. The minimum absolute atomic E-state index is 0.00612. The number of hydrogen-bond donors (Lipinski definition) is 2. The Bertz CT molecular complexity index is 787. The minimum Gasteiger partial charge on any atom is -0.373 e. The summed E-state index contributed by atoms with van der Waals surface area (Å²) in [6.07, 6.45) is 5.65. The third-order valence-electron chi connectivity index (χ3n) is 5.30. The molecule has 0 bridgehead atoms. The van der Waals surface area contributed by atoms with Gasteiger partial charge >= 0.3 is 0 Å². The number of nitrogens with one attached hydrogen (secondary N) is 1. The zero-order chi connectivity index (χ0) is 18.1. The summed E-state index contributed by atoms with van der Waals surface area (Å²) in [5, 5.41) is 7.27. The molecular formula is C19H23FN4O2. The van der Waals surface area contributed by atoms with Crippen molar-refractivity contribution in [2.75, 3.05) is 13.2 Å². The van der Waals surface area contributed by atoms with Crippen molar-refractivity contribution in [3.8, 4) is 5.69 Å². The quantitative estimate of drug-likeness (QED) is 0.856. The number of nitrogens with zero attached hydrogens (tertiary/aromatic N) is 2. The lowest BCUT2D eigenvalue weighted by Crippen LogP contribution is -2.44. The van der Waals surface area contributed by atoms with Crippen LogP contribution in [0.2, 0.25) is 0 Å². The summed E-state index contributed by atoms with van der Waals surface area (Å²) in [6.45, 7) is 1.20. The number of amides is 1. The number of benzene rings is 1. The van der Waals surface area contributed by atoms with Crippen LogP contribution in [0.5, 0.6) is 0 Å². The van der Waals surface area contributed by atoms with Crippen molar-refractivity contribution in [1.29, 1.82) is 0 Å². The Balaban J connectivity index is 1.43. The van der Waals surface area contributed by atoms with Crippen LogP contribution in [0.1, 0.15) is 30.9 Å². The van der Waals surface area contributed by atoms with Crippen molar-refractivity contribution < 1.29 is 13.9 Å². The topological polar surface area (TPSA) is 82.2 Å². The van der Waals surface area contributed by atoms with E-state index in [1.165, 1.54) is 10.7 Å². The first kappa shape index (κ1) is 17.2. The van der Waals surface area contributed by atoms with Crippen molar-refractivity contribution in [3.05, 3.63) is 48.0 Å². The molecule has 2 fully saturated rings. The van der Waals surface area contributed by atoms with Crippen LogP contribution >= 0.6 is 0 Å². The monoisotopic (exact) mass is 358 g/mol. The van der Waals surface area contributed by atoms with Gasteiger partial charge in [0, 0.05) is 31.0 Å². The van der Waals surface area contributed by atoms with E-state index in [0.717, 1.165) is 18.4 Å². The van der Waals surface area contributed by atoms with Gasteiger partial charge < -0.3 is 15.8 Å². The van der Waals surface area contributed by atoms with Crippen LogP contribution in [0, 0.1) is 17.7 Å². The Morgan fingerprint density at radius 3 is 2.96 bits per heavy atom. The molecule has 1 aliphatic carbocycles. The SMILES string of the molecule is NC1CC(CNC(=O)C2CCOC2c2cnn(-c3ccccc3F)c2)C1. The average Bonchev–Trinajstić information content (AvgIpc) is 3.26. The third kappa shape index (κ3) is 3.37. The first-order valence-electron chi connectivity index (χ1n) is 9.06. The summed E-state index contributed by atoms with van der Waals surface area (Å²) in [5.41, 5.74) is 6.95. The summed E-state index contributed by atoms with van der Waals surface area (Å²) in [5.74, 6) is -0.102. The standard InChI is InChI=1S/C19H23FN4O2/c20-16-3-1-2-4-17(16)24-11-13(10-23-24)18-15(5-6-26-18)19(25)22-9-12-7-14(21)8-12/h1-4,10-12,14-15,18H,5-9,21H2,(H,22,25). The predicted octanol–water partition coefficient (Wildman–Crippen LogP) is 1.94. The zero-order valence-corrected chi connectivity index (χ0v) is 14.5. The molecule has 1 aliphatic heterocycles. The van der Waals surface area contributed by atoms with E-state index in [1.807, 2.05) is 0 Å². The second-order valence-corrected chi connectivity index (χ2v) is 7.20. The van der Waals surface area contributed by atoms with E-state index in [1.54, 1.807) is 30.6 Å². The normalized spacial score (nSPS) is 27.9. The molecule has 1 amide bonds. The Morgan fingerprint density at radius 1 is 1.38 bits per heavy atom. The van der Waals surface area contributed by atoms with Crippen molar-refractivity contribution in [3.63, 3.8) is 0 Å². The Labute approximate surface area is 151 Å². The molecule has 1 aromatic heterocycles. The van der Waals surface area contributed by atoms with Crippen molar-refractivity contribution in [1.82, 2.24) is 15.1 Å². The first-order valence-corrected chi connectivity index (χ1v) is 9.06. The number of para-hydroxylation sites is 1. The van der Waals surface area contributed by atoms with Gasteiger partial charge in [-0.15, -0.1) is 0 Å². The molecule has 2 unspecified atom stereocenters. The van der Waals surface area contributed by atoms with E-state index in [-0.39, 0.29) is 29.8 Å². The van der Waals surface area contributed by atoms with Gasteiger partial charge in [0.1, 0.15) is 11.5 Å². The van der Waals surface area contributed by atoms with Crippen LogP contribution in [0.25, 0.3) is 5.69 Å². The Morgan fingerprint density at radius 2 is 2.19 bits per heavy atom. The van der Waals surface area contributed by atoms with Crippen molar-refractivity contribution in [2.45, 2.75) is 31.4 Å². The smallest absolute Gasteiger partial charge is 0.226 e. The molecule has 2 aromatic rings. The lowest BCUT2D eigenvalue weighted by molar-refractivity contribution is -0.127. The third-order valence-corrected chi connectivity index (χ3v) is 5.30. The van der Waals surface area contributed by atoms with Gasteiger partial charge in [0.2, 0.25) is 5.91 Å². The van der Waals surface area contributed by atoms with Crippen molar-refractivity contribution in [2.24, 2.45) is 17.6 Å². The lowest BCUT2D eigenvalue weighted by atomic mass is 9.81. The number of hydrogen-bond acceptors (Lipinski definition) is 4. The number of nitrogens with two attached hydrogens (primary N) is 1. The summed E-state index contributed by atoms with van der Waals surface area (Å²) < 4.78 is 21.2. The first-order chi connectivity index (χ1) is 12.6. The van der Waals surface area contributed by atoms with Crippen LogP contribution < -0.4 is 11.1 Å². The van der Waals surface area contributed by atoms with Crippen LogP contribution in [-0.4, -0.2) is 34.9 Å². The molecule has 1 aromatic carbocycles. The van der Waals surface area contributed by atoms with Gasteiger partial charge in [0.05, 0.1) is 18.2 Å². The van der Waals surface area contributed by atoms with E-state index in [0.29, 0.717) is 31.2 Å². The number of ether oxygens (including phenoxy) is 1. The highest BCUT2D eigenvalue weighted by Gasteiger charge is 2.36. The molecule has 1 saturated carbocycles. The summed E-state index contributed by atoms with van der Waals surface area (Å²) in [4.78, 5) is 12.6. The molecule has 6 nitrogen and oxygen atoms in total. The van der Waals surface area contributed by atoms with Gasteiger partial charge in [-0.05, 0) is 37.3 Å². The van der Waals surface area contributed by atoms with Crippen LogP contribution in [0.15, 0.2) is 36.7 Å². The average molecular weight is 358 g/mol. The molecule has 2 heterocycles. The maximum absolute atomic E-state index is 13.9. The fraction of sp³-hybridized carbons (Fsp3) is 0.474. The largest absolute Gasteiger partial charge is 0.373 e. The summed E-state index contributed by atoms with van der Waals surface area (Å²) in [6, 6.07) is 6.73. The maximum Gasteiger partial charge on any atom is 0.226 e. The van der Waals surface area contributed by atoms with Gasteiger partial charge in [0.15, 0.2) is 0 Å². The highest BCUT2D eigenvalue weighted by atomic mass is 19.1. The fourth-order valence-electron chi connectivity index (χ4n) is 3.77. The molecular weight excluding hydrogens is 335 g/mol. The molecule has 1 saturated heterocycles. The Hall–Kier alpha value is -2.25. The molecule has 4 rings (SSSR count). The number of carbonyl (C=O) groups excluding carboxylic acids is 1. The molecule has 7 heteroatoms. The van der Waals surface area contributed by atoms with E-state index >= 15 is 0 Å². The maximum atomic E-state index is 13.9. The van der Waals surface area contributed by atoms with Crippen molar-refractivity contribution >= 4 is 5.91 Å². The highest BCUT2D eigenvalue weighted by molar-refractivity contribution is 5.79. The van der Waals surface area contributed by atoms with Gasteiger partial charge in [-0.3, -0.25) is 4.79 Å². The Kier molecular flexibility index (Phi) is 4.74. The number of aromatic nitrogens is 2. The number of halogens is 1. The molecule has 138 valence electrons. The van der Waals surface area contributed by atoms with E-state index in [2.05, 4.69) is 10.4 Å². The molecule has 2 aliphatic rings. The molecule has 0 radical (unpaired) electrons. The van der Waals surface area contributed by atoms with Crippen LogP contribution in [-0.2, 0) is 9.53 Å². The van der Waals surface area contributed by atoms with E-state index in [4.69, 9.17) is 10.5 Å². The van der Waals surface area contributed by atoms with Crippen LogP contribution in [0.4, 0.5) is 4.39 Å². The summed E-state index contributed by atoms with van der Waals surface area (Å²) in [7, 11) is 0. The van der Waals surface area contributed by atoms with Gasteiger partial charge in [-0.25, -0.2) is 9.07 Å². The van der Waals surface area contributed by atoms with Crippen LogP contribution in [0.3, 0.4) is 0 Å². The molecule has 3 N–H and O–H groups in total. The number of rotatable bonds is 5. The van der Waals surface area contributed by atoms with E-state index < -0.39 is 0 Å².